The Morgan fingerprint density at radius 2 is 0.980 bits per heavy atom. The number of fused-ring (bicyclic) bond motifs is 9. The molecule has 10 rings (SSSR count). The summed E-state index contributed by atoms with van der Waals surface area (Å²) in [5, 5.41) is 26.5. The Morgan fingerprint density at radius 3 is 1.65 bits per heavy atom. The van der Waals surface area contributed by atoms with Crippen molar-refractivity contribution in [2.75, 3.05) is 0 Å². The molecule has 0 aliphatic heterocycles. The van der Waals surface area contributed by atoms with Crippen LogP contribution in [0.4, 0.5) is 0 Å². The van der Waals surface area contributed by atoms with Crippen LogP contribution in [0.2, 0.25) is 0 Å². The van der Waals surface area contributed by atoms with Gasteiger partial charge in [-0.2, -0.15) is 10.5 Å². The summed E-state index contributed by atoms with van der Waals surface area (Å²) in [5.74, 6) is 0. The Bertz CT molecular complexity index is 3030. The predicted molar refractivity (Wildman–Crippen MR) is 197 cm³/mol. The van der Waals surface area contributed by atoms with E-state index < -0.39 is 0 Å². The molecule has 0 N–H and O–H groups in total. The second-order valence-electron chi connectivity index (χ2n) is 12.4. The second kappa shape index (κ2) is 10.2. The molecule has 0 saturated carbocycles. The molecule has 0 bridgehead atoms. The Labute approximate surface area is 280 Å². The summed E-state index contributed by atoms with van der Waals surface area (Å²) in [7, 11) is 0. The van der Waals surface area contributed by atoms with Gasteiger partial charge in [0.25, 0.3) is 0 Å². The zero-order chi connectivity index (χ0) is 32.6. The number of aromatic nitrogens is 2. The van der Waals surface area contributed by atoms with Crippen molar-refractivity contribution in [3.8, 4) is 34.6 Å². The van der Waals surface area contributed by atoms with E-state index in [1.807, 2.05) is 24.3 Å². The molecule has 7 aromatic carbocycles. The summed E-state index contributed by atoms with van der Waals surface area (Å²) in [4.78, 5) is 0. The molecule has 0 saturated heterocycles. The maximum atomic E-state index is 10.1. The Hall–Kier alpha value is -7.08. The highest BCUT2D eigenvalue weighted by Gasteiger charge is 2.18. The molecule has 5 nitrogen and oxygen atoms in total. The number of nitrogens with zero attached hydrogens (tertiary/aromatic N) is 4. The quantitative estimate of drug-likeness (QED) is 0.196. The first-order valence-electron chi connectivity index (χ1n) is 16.1. The van der Waals surface area contributed by atoms with E-state index in [2.05, 4.69) is 137 Å². The van der Waals surface area contributed by atoms with Crippen molar-refractivity contribution in [2.45, 2.75) is 0 Å². The number of hydrogen-bond acceptors (Lipinski definition) is 3. The molecule has 0 fully saturated rings. The van der Waals surface area contributed by atoms with Gasteiger partial charge in [0.15, 0.2) is 0 Å². The predicted octanol–water partition coefficient (Wildman–Crippen LogP) is 11.2. The molecular weight excluding hydrogens is 601 g/mol. The van der Waals surface area contributed by atoms with Gasteiger partial charge in [0.2, 0.25) is 0 Å². The number of nitriles is 2. The second-order valence-corrected chi connectivity index (χ2v) is 12.4. The van der Waals surface area contributed by atoms with Gasteiger partial charge in [0.1, 0.15) is 23.3 Å². The molecule has 0 spiro atoms. The summed E-state index contributed by atoms with van der Waals surface area (Å²) in [5.41, 5.74) is 10.7. The fraction of sp³-hybridized carbons (Fsp3) is 0. The number of hydrogen-bond donors (Lipinski definition) is 0. The van der Waals surface area contributed by atoms with Gasteiger partial charge < -0.3 is 13.6 Å². The third-order valence-electron chi connectivity index (χ3n) is 9.81. The molecule has 0 atom stereocenters. The minimum absolute atomic E-state index is 0.365. The topological polar surface area (TPSA) is 70.6 Å². The zero-order valence-electron chi connectivity index (χ0n) is 26.1. The third kappa shape index (κ3) is 3.85. The van der Waals surface area contributed by atoms with E-state index >= 15 is 0 Å². The molecule has 0 unspecified atom stereocenters. The van der Waals surface area contributed by atoms with Crippen LogP contribution in [0.15, 0.2) is 150 Å². The van der Waals surface area contributed by atoms with Crippen molar-refractivity contribution in [3.05, 3.63) is 157 Å². The van der Waals surface area contributed by atoms with Crippen LogP contribution in [0.25, 0.3) is 88.1 Å². The van der Waals surface area contributed by atoms with Crippen LogP contribution in [-0.4, -0.2) is 9.13 Å². The third-order valence-corrected chi connectivity index (χ3v) is 9.81. The maximum absolute atomic E-state index is 10.1. The lowest BCUT2D eigenvalue weighted by Crippen LogP contribution is -1.99. The van der Waals surface area contributed by atoms with E-state index in [9.17, 15) is 10.5 Å². The minimum Gasteiger partial charge on any atom is -0.456 e. The molecule has 0 amide bonds. The zero-order valence-corrected chi connectivity index (χ0v) is 26.1. The Balaban J connectivity index is 1.16. The van der Waals surface area contributed by atoms with Crippen LogP contribution < -0.4 is 0 Å². The van der Waals surface area contributed by atoms with Crippen molar-refractivity contribution in [2.24, 2.45) is 0 Å². The standard InChI is InChI=1S/C44H24N4O/c45-25-29-8-7-15-41(37(29)26-46)48-40-14-6-3-11-33(40)34-22-27(16-19-42(34)48)28-17-20-43-35(23-28)36-24-30(18-21-44(36)49-43)47-38-12-4-1-9-31(38)32-10-2-5-13-39(32)47/h1-24H. The van der Waals surface area contributed by atoms with Gasteiger partial charge in [0, 0.05) is 38.0 Å². The van der Waals surface area contributed by atoms with E-state index in [0.717, 1.165) is 60.6 Å². The molecule has 5 heteroatoms. The monoisotopic (exact) mass is 624 g/mol. The number of furan rings is 1. The van der Waals surface area contributed by atoms with Gasteiger partial charge in [-0.05, 0) is 83.9 Å². The van der Waals surface area contributed by atoms with Gasteiger partial charge in [-0.15, -0.1) is 0 Å². The minimum atomic E-state index is 0.365. The van der Waals surface area contributed by atoms with E-state index in [0.29, 0.717) is 16.8 Å². The highest BCUT2D eigenvalue weighted by Crippen LogP contribution is 2.39. The number of benzene rings is 7. The van der Waals surface area contributed by atoms with Gasteiger partial charge in [-0.3, -0.25) is 0 Å². The Morgan fingerprint density at radius 1 is 0.429 bits per heavy atom. The van der Waals surface area contributed by atoms with Crippen molar-refractivity contribution in [3.63, 3.8) is 0 Å². The molecule has 0 aliphatic carbocycles. The fourth-order valence-corrected chi connectivity index (χ4v) is 7.63. The first-order valence-corrected chi connectivity index (χ1v) is 16.1. The highest BCUT2D eigenvalue weighted by molar-refractivity contribution is 6.13. The van der Waals surface area contributed by atoms with Crippen LogP contribution in [0.5, 0.6) is 0 Å². The van der Waals surface area contributed by atoms with Crippen LogP contribution in [0.3, 0.4) is 0 Å². The largest absolute Gasteiger partial charge is 0.456 e. The lowest BCUT2D eigenvalue weighted by atomic mass is 10.0. The Kier molecular flexibility index (Phi) is 5.64. The summed E-state index contributed by atoms with van der Waals surface area (Å²) in [6.07, 6.45) is 0. The van der Waals surface area contributed by atoms with Crippen LogP contribution in [0, 0.1) is 22.7 Å². The van der Waals surface area contributed by atoms with Crippen molar-refractivity contribution in [1.29, 1.82) is 10.5 Å². The molecule has 226 valence electrons. The number of rotatable bonds is 3. The molecular formula is C44H24N4O. The van der Waals surface area contributed by atoms with Crippen LogP contribution >= 0.6 is 0 Å². The van der Waals surface area contributed by atoms with Crippen LogP contribution in [-0.2, 0) is 0 Å². The fourth-order valence-electron chi connectivity index (χ4n) is 7.63. The molecule has 0 aliphatic rings. The first kappa shape index (κ1) is 27.1. The molecule has 0 radical (unpaired) electrons. The normalized spacial score (nSPS) is 11.6. The van der Waals surface area contributed by atoms with E-state index in [1.165, 1.54) is 21.8 Å². The molecule has 10 aromatic rings. The summed E-state index contributed by atoms with van der Waals surface area (Å²) >= 11 is 0. The van der Waals surface area contributed by atoms with Gasteiger partial charge in [0.05, 0.1) is 38.9 Å². The average molecular weight is 625 g/mol. The maximum Gasteiger partial charge on any atom is 0.135 e. The molecule has 49 heavy (non-hydrogen) atoms. The van der Waals surface area contributed by atoms with Gasteiger partial charge in [-0.1, -0.05) is 72.8 Å². The SMILES string of the molecule is N#Cc1cccc(-n2c3ccccc3c3cc(-c4ccc5oc6ccc(-n7c8ccccc8c8ccccc87)cc6c5c4)ccc32)c1C#N. The van der Waals surface area contributed by atoms with Crippen molar-refractivity contribution < 1.29 is 4.42 Å². The van der Waals surface area contributed by atoms with Gasteiger partial charge in [-0.25, -0.2) is 0 Å². The lowest BCUT2D eigenvalue weighted by Gasteiger charge is -2.11. The lowest BCUT2D eigenvalue weighted by molar-refractivity contribution is 0.669. The highest BCUT2D eigenvalue weighted by atomic mass is 16.3. The van der Waals surface area contributed by atoms with E-state index in [-0.39, 0.29) is 0 Å². The van der Waals surface area contributed by atoms with Gasteiger partial charge >= 0.3 is 0 Å². The average Bonchev–Trinajstić information content (AvgIpc) is 3.81. The van der Waals surface area contributed by atoms with E-state index in [1.54, 1.807) is 6.07 Å². The smallest absolute Gasteiger partial charge is 0.135 e. The van der Waals surface area contributed by atoms with E-state index in [4.69, 9.17) is 4.42 Å². The summed E-state index contributed by atoms with van der Waals surface area (Å²) < 4.78 is 10.8. The van der Waals surface area contributed by atoms with Crippen LogP contribution in [0.1, 0.15) is 11.1 Å². The number of para-hydroxylation sites is 3. The van der Waals surface area contributed by atoms with Crippen molar-refractivity contribution in [1.82, 2.24) is 9.13 Å². The molecule has 3 aromatic heterocycles. The molecule has 3 heterocycles. The first-order chi connectivity index (χ1) is 24.2. The van der Waals surface area contributed by atoms with Crippen molar-refractivity contribution >= 4 is 65.6 Å². The summed E-state index contributed by atoms with van der Waals surface area (Å²) in [6, 6.07) is 54.5. The summed E-state index contributed by atoms with van der Waals surface area (Å²) in [6.45, 7) is 0.